The molecule has 2 N–H and O–H groups in total. The highest BCUT2D eigenvalue weighted by Crippen LogP contribution is 2.23. The Morgan fingerprint density at radius 2 is 2.35 bits per heavy atom. The van der Waals surface area contributed by atoms with E-state index in [2.05, 4.69) is 11.9 Å². The van der Waals surface area contributed by atoms with E-state index in [1.54, 1.807) is 11.3 Å². The van der Waals surface area contributed by atoms with Crippen LogP contribution in [0.1, 0.15) is 30.7 Å². The fourth-order valence-electron chi connectivity index (χ4n) is 1.84. The number of carboxylic acid groups (broad SMARTS) is 1. The van der Waals surface area contributed by atoms with Crippen molar-refractivity contribution >= 4 is 23.3 Å². The number of amides is 2. The number of carboxylic acids is 1. The predicted molar refractivity (Wildman–Crippen MR) is 79.9 cm³/mol. The van der Waals surface area contributed by atoms with E-state index >= 15 is 0 Å². The van der Waals surface area contributed by atoms with Crippen LogP contribution in [0, 0.1) is 0 Å². The van der Waals surface area contributed by atoms with Gasteiger partial charge in [-0.25, -0.2) is 4.79 Å². The molecule has 110 valence electrons. The number of hydrogen-bond donors (Lipinski definition) is 2. The largest absolute Gasteiger partial charge is 0.480 e. The second-order valence-corrected chi connectivity index (χ2v) is 5.35. The number of carbonyl (C=O) groups excluding carboxylic acids is 1. The zero-order valence-electron chi connectivity index (χ0n) is 11.5. The normalized spacial score (nSPS) is 11.7. The monoisotopic (exact) mass is 296 g/mol. The van der Waals surface area contributed by atoms with Gasteiger partial charge in [-0.2, -0.15) is 0 Å². The molecule has 0 aliphatic carbocycles. The molecule has 0 aliphatic rings. The van der Waals surface area contributed by atoms with Gasteiger partial charge in [0, 0.05) is 11.4 Å². The highest BCUT2D eigenvalue weighted by molar-refractivity contribution is 7.10. The molecule has 0 spiro atoms. The fourth-order valence-corrected chi connectivity index (χ4v) is 2.65. The molecule has 1 aromatic heterocycles. The van der Waals surface area contributed by atoms with Gasteiger partial charge < -0.3 is 15.3 Å². The summed E-state index contributed by atoms with van der Waals surface area (Å²) in [5.74, 6) is -1.04. The van der Waals surface area contributed by atoms with E-state index < -0.39 is 5.97 Å². The summed E-state index contributed by atoms with van der Waals surface area (Å²) in [5.41, 5.74) is 0. The van der Waals surface area contributed by atoms with E-state index in [9.17, 15) is 9.59 Å². The quantitative estimate of drug-likeness (QED) is 0.725. The van der Waals surface area contributed by atoms with Gasteiger partial charge in [0.2, 0.25) is 0 Å². The van der Waals surface area contributed by atoms with Crippen molar-refractivity contribution in [3.63, 3.8) is 0 Å². The molecule has 0 saturated heterocycles. The van der Waals surface area contributed by atoms with E-state index in [0.29, 0.717) is 0 Å². The zero-order valence-corrected chi connectivity index (χ0v) is 12.4. The summed E-state index contributed by atoms with van der Waals surface area (Å²) in [6.45, 7) is 5.47. The lowest BCUT2D eigenvalue weighted by Gasteiger charge is -2.24. The smallest absolute Gasteiger partial charge is 0.323 e. The summed E-state index contributed by atoms with van der Waals surface area (Å²) in [4.78, 5) is 25.2. The summed E-state index contributed by atoms with van der Waals surface area (Å²) in [6.07, 6.45) is 3.27. The van der Waals surface area contributed by atoms with Crippen molar-refractivity contribution in [2.75, 3.05) is 13.1 Å². The van der Waals surface area contributed by atoms with E-state index in [1.807, 2.05) is 24.4 Å². The number of hydrogen-bond acceptors (Lipinski definition) is 3. The Morgan fingerprint density at radius 3 is 2.85 bits per heavy atom. The van der Waals surface area contributed by atoms with Gasteiger partial charge in [0.05, 0.1) is 6.04 Å². The van der Waals surface area contributed by atoms with Gasteiger partial charge in [-0.15, -0.1) is 17.9 Å². The molecular formula is C14H20N2O3S. The van der Waals surface area contributed by atoms with Crippen molar-refractivity contribution in [3.8, 4) is 0 Å². The zero-order chi connectivity index (χ0) is 15.0. The minimum Gasteiger partial charge on any atom is -0.480 e. The van der Waals surface area contributed by atoms with Crippen molar-refractivity contribution in [1.29, 1.82) is 0 Å². The van der Waals surface area contributed by atoms with Crippen LogP contribution in [0.5, 0.6) is 0 Å². The van der Waals surface area contributed by atoms with Gasteiger partial charge in [-0.3, -0.25) is 4.79 Å². The molecule has 0 saturated carbocycles. The minimum atomic E-state index is -1.04. The molecule has 2 amide bonds. The molecule has 1 atom stereocenters. The number of urea groups is 1. The van der Waals surface area contributed by atoms with Crippen molar-refractivity contribution in [1.82, 2.24) is 10.2 Å². The number of aliphatic carboxylic acids is 1. The van der Waals surface area contributed by atoms with Crippen molar-refractivity contribution < 1.29 is 14.7 Å². The first-order valence-electron chi connectivity index (χ1n) is 6.50. The average Bonchev–Trinajstić information content (AvgIpc) is 2.91. The van der Waals surface area contributed by atoms with Crippen LogP contribution in [0.25, 0.3) is 0 Å². The molecule has 1 unspecified atom stereocenters. The van der Waals surface area contributed by atoms with Gasteiger partial charge >= 0.3 is 12.0 Å². The molecular weight excluding hydrogens is 276 g/mol. The lowest BCUT2D eigenvalue weighted by atomic mass is 10.1. The van der Waals surface area contributed by atoms with E-state index in [4.69, 9.17) is 5.11 Å². The molecule has 1 rings (SSSR count). The number of rotatable bonds is 8. The molecule has 1 heterocycles. The molecule has 1 aromatic rings. The average molecular weight is 296 g/mol. The fraction of sp³-hybridized carbons (Fsp3) is 0.429. The second kappa shape index (κ2) is 8.37. The maximum Gasteiger partial charge on any atom is 0.323 e. The molecule has 0 aromatic carbocycles. The minimum absolute atomic E-state index is 0.0754. The maximum absolute atomic E-state index is 12.2. The van der Waals surface area contributed by atoms with Crippen LogP contribution in [-0.2, 0) is 4.79 Å². The Labute approximate surface area is 122 Å². The number of carbonyl (C=O) groups is 2. The highest BCUT2D eigenvalue weighted by Gasteiger charge is 2.20. The summed E-state index contributed by atoms with van der Waals surface area (Å²) < 4.78 is 0. The molecule has 5 nitrogen and oxygen atoms in total. The van der Waals surface area contributed by atoms with Crippen LogP contribution in [0.15, 0.2) is 30.2 Å². The van der Waals surface area contributed by atoms with Gasteiger partial charge in [0.1, 0.15) is 6.54 Å². The summed E-state index contributed by atoms with van der Waals surface area (Å²) in [6, 6.07) is 3.46. The van der Waals surface area contributed by atoms with Gasteiger partial charge in [-0.05, 0) is 17.9 Å². The maximum atomic E-state index is 12.2. The lowest BCUT2D eigenvalue weighted by molar-refractivity contribution is -0.137. The first kappa shape index (κ1) is 16.2. The SMILES string of the molecule is C=CCN(CC(=O)O)C(=O)NC(CCC)c1cccs1. The van der Waals surface area contributed by atoms with Crippen molar-refractivity contribution in [2.24, 2.45) is 0 Å². The third kappa shape index (κ3) is 5.05. The summed E-state index contributed by atoms with van der Waals surface area (Å²) >= 11 is 1.58. The molecule has 0 fully saturated rings. The number of nitrogens with zero attached hydrogens (tertiary/aromatic N) is 1. The van der Waals surface area contributed by atoms with Gasteiger partial charge in [0.25, 0.3) is 0 Å². The second-order valence-electron chi connectivity index (χ2n) is 4.37. The van der Waals surface area contributed by atoms with Gasteiger partial charge in [0.15, 0.2) is 0 Å². The molecule has 20 heavy (non-hydrogen) atoms. The Morgan fingerprint density at radius 1 is 1.60 bits per heavy atom. The van der Waals surface area contributed by atoms with E-state index in [1.165, 1.54) is 11.0 Å². The van der Waals surface area contributed by atoms with Crippen LogP contribution in [0.2, 0.25) is 0 Å². The van der Waals surface area contributed by atoms with Gasteiger partial charge in [-0.1, -0.05) is 25.5 Å². The van der Waals surface area contributed by atoms with Crippen LogP contribution < -0.4 is 5.32 Å². The van der Waals surface area contributed by atoms with E-state index in [0.717, 1.165) is 17.7 Å². The molecule has 0 radical (unpaired) electrons. The summed E-state index contributed by atoms with van der Waals surface area (Å²) in [5, 5.41) is 13.7. The van der Waals surface area contributed by atoms with Crippen molar-refractivity contribution in [3.05, 3.63) is 35.0 Å². The Balaban J connectivity index is 2.72. The van der Waals surface area contributed by atoms with Crippen LogP contribution >= 0.6 is 11.3 Å². The first-order chi connectivity index (χ1) is 9.58. The summed E-state index contributed by atoms with van der Waals surface area (Å²) in [7, 11) is 0. The lowest BCUT2D eigenvalue weighted by Crippen LogP contribution is -2.44. The first-order valence-corrected chi connectivity index (χ1v) is 7.38. The highest BCUT2D eigenvalue weighted by atomic mass is 32.1. The molecule has 6 heteroatoms. The number of nitrogens with one attached hydrogen (secondary N) is 1. The Hall–Kier alpha value is -1.82. The third-order valence-electron chi connectivity index (χ3n) is 2.72. The van der Waals surface area contributed by atoms with Crippen LogP contribution in [0.3, 0.4) is 0 Å². The topological polar surface area (TPSA) is 69.6 Å². The molecule has 0 bridgehead atoms. The standard InChI is InChI=1S/C14H20N2O3S/c1-3-6-11(12-7-5-9-20-12)15-14(19)16(8-4-2)10-13(17)18/h4-5,7,9,11H,2-3,6,8,10H2,1H3,(H,15,19)(H,17,18). The number of thiophene rings is 1. The van der Waals surface area contributed by atoms with Crippen molar-refractivity contribution in [2.45, 2.75) is 25.8 Å². The Kier molecular flexibility index (Phi) is 6.79. The van der Waals surface area contributed by atoms with Crippen LogP contribution in [-0.4, -0.2) is 35.1 Å². The molecule has 0 aliphatic heterocycles. The third-order valence-corrected chi connectivity index (χ3v) is 3.71. The van der Waals surface area contributed by atoms with Crippen LogP contribution in [0.4, 0.5) is 4.79 Å². The Bertz CT molecular complexity index is 445. The van der Waals surface area contributed by atoms with E-state index in [-0.39, 0.29) is 25.2 Å². The predicted octanol–water partition coefficient (Wildman–Crippen LogP) is 2.87.